The fourth-order valence-electron chi connectivity index (χ4n) is 2.13. The van der Waals surface area contributed by atoms with E-state index in [-0.39, 0.29) is 39.4 Å². The third kappa shape index (κ3) is 3.88. The number of hydrogen-bond donors (Lipinski definition) is 2. The normalized spacial score (nSPS) is 21.6. The summed E-state index contributed by atoms with van der Waals surface area (Å²) in [5.41, 5.74) is 5.90. The van der Waals surface area contributed by atoms with E-state index in [1.54, 1.807) is 0 Å². The lowest BCUT2D eigenvalue weighted by molar-refractivity contribution is 0.562. The molecule has 1 aromatic carbocycles. The first kappa shape index (κ1) is 17.0. The average molecular weight is 373 g/mol. The van der Waals surface area contributed by atoms with Gasteiger partial charge in [0.25, 0.3) is 0 Å². The Bertz CT molecular complexity index is 763. The minimum absolute atomic E-state index is 0.00439. The fraction of sp³-hybridized carbons (Fsp3) is 0.455. The summed E-state index contributed by atoms with van der Waals surface area (Å²) in [6.07, 6.45) is 0.240. The molecule has 1 aliphatic rings. The van der Waals surface area contributed by atoms with Crippen LogP contribution in [-0.4, -0.2) is 34.4 Å². The van der Waals surface area contributed by atoms with Gasteiger partial charge in [-0.3, -0.25) is 0 Å². The molecule has 0 bridgehead atoms. The second kappa shape index (κ2) is 6.02. The van der Waals surface area contributed by atoms with Crippen molar-refractivity contribution in [3.8, 4) is 0 Å². The Labute approximate surface area is 133 Å². The Morgan fingerprint density at radius 1 is 1.33 bits per heavy atom. The van der Waals surface area contributed by atoms with E-state index in [0.717, 1.165) is 0 Å². The molecule has 0 aliphatic carbocycles. The zero-order valence-electron chi connectivity index (χ0n) is 10.8. The van der Waals surface area contributed by atoms with Crippen LogP contribution in [0, 0.1) is 0 Å². The molecule has 0 aromatic heterocycles. The van der Waals surface area contributed by atoms with E-state index in [1.807, 2.05) is 0 Å². The van der Waals surface area contributed by atoms with Crippen LogP contribution in [0.4, 0.5) is 0 Å². The standard InChI is InChI=1S/C11H14Cl2N2O4S2/c12-8-3-7(5-14)11(13)10(4-8)21(18,19)15-9-1-2-20(16,17)6-9/h3-4,9,15H,1-2,5-6,14H2. The van der Waals surface area contributed by atoms with Gasteiger partial charge in [0.05, 0.1) is 16.5 Å². The maximum atomic E-state index is 12.4. The number of nitrogens with two attached hydrogens (primary N) is 1. The van der Waals surface area contributed by atoms with Gasteiger partial charge >= 0.3 is 0 Å². The molecule has 1 aliphatic heterocycles. The van der Waals surface area contributed by atoms with Crippen molar-refractivity contribution in [3.05, 3.63) is 27.7 Å². The molecular weight excluding hydrogens is 359 g/mol. The lowest BCUT2D eigenvalue weighted by Crippen LogP contribution is -2.35. The van der Waals surface area contributed by atoms with E-state index in [2.05, 4.69) is 4.72 Å². The summed E-state index contributed by atoms with van der Waals surface area (Å²) in [7, 11) is -7.15. The predicted molar refractivity (Wildman–Crippen MR) is 81.7 cm³/mol. The summed E-state index contributed by atoms with van der Waals surface area (Å²) >= 11 is 11.9. The van der Waals surface area contributed by atoms with E-state index in [4.69, 9.17) is 28.9 Å². The van der Waals surface area contributed by atoms with Gasteiger partial charge in [-0.2, -0.15) is 0 Å². The number of rotatable bonds is 4. The van der Waals surface area contributed by atoms with Crippen LogP contribution in [0.3, 0.4) is 0 Å². The molecule has 0 spiro atoms. The minimum atomic E-state index is -3.97. The van der Waals surface area contributed by atoms with Crippen LogP contribution in [-0.2, 0) is 26.4 Å². The maximum absolute atomic E-state index is 12.4. The molecule has 3 N–H and O–H groups in total. The summed E-state index contributed by atoms with van der Waals surface area (Å²) in [5, 5.41) is 0.189. The van der Waals surface area contributed by atoms with Gasteiger partial charge in [0.2, 0.25) is 10.0 Å². The van der Waals surface area contributed by atoms with Gasteiger partial charge in [0.15, 0.2) is 9.84 Å². The Kier molecular flexibility index (Phi) is 4.87. The summed E-state index contributed by atoms with van der Waals surface area (Å²) in [5.74, 6) is -0.244. The first-order valence-corrected chi connectivity index (χ1v) is 10.1. The van der Waals surface area contributed by atoms with Crippen molar-refractivity contribution in [2.75, 3.05) is 11.5 Å². The fourth-order valence-corrected chi connectivity index (χ4v) is 6.12. The number of hydrogen-bond acceptors (Lipinski definition) is 5. The van der Waals surface area contributed by atoms with Gasteiger partial charge in [0, 0.05) is 17.6 Å². The highest BCUT2D eigenvalue weighted by Gasteiger charge is 2.32. The molecule has 0 saturated carbocycles. The first-order chi connectivity index (χ1) is 9.64. The van der Waals surface area contributed by atoms with E-state index in [0.29, 0.717) is 5.56 Å². The summed E-state index contributed by atoms with van der Waals surface area (Å²) < 4.78 is 49.8. The average Bonchev–Trinajstić information content (AvgIpc) is 2.70. The number of nitrogens with one attached hydrogen (secondary N) is 1. The minimum Gasteiger partial charge on any atom is -0.326 e. The highest BCUT2D eigenvalue weighted by Crippen LogP contribution is 2.29. The number of halogens is 2. The largest absolute Gasteiger partial charge is 0.326 e. The molecule has 0 amide bonds. The second-order valence-corrected chi connectivity index (χ2v) is 9.53. The van der Waals surface area contributed by atoms with Crippen LogP contribution in [0.15, 0.2) is 17.0 Å². The molecule has 1 aromatic rings. The third-order valence-electron chi connectivity index (χ3n) is 3.14. The van der Waals surface area contributed by atoms with Crippen molar-refractivity contribution in [1.29, 1.82) is 0 Å². The van der Waals surface area contributed by atoms with Crippen molar-refractivity contribution < 1.29 is 16.8 Å². The summed E-state index contributed by atoms with van der Waals surface area (Å²) in [4.78, 5) is -0.193. The van der Waals surface area contributed by atoms with Gasteiger partial charge in [-0.25, -0.2) is 21.6 Å². The van der Waals surface area contributed by atoms with Gasteiger partial charge in [0.1, 0.15) is 4.90 Å². The summed E-state index contributed by atoms with van der Waals surface area (Å²) in [6, 6.07) is 2.05. The smallest absolute Gasteiger partial charge is 0.242 e. The van der Waals surface area contributed by atoms with E-state index in [1.165, 1.54) is 12.1 Å². The molecular formula is C11H14Cl2N2O4S2. The Morgan fingerprint density at radius 3 is 2.52 bits per heavy atom. The number of sulfone groups is 1. The van der Waals surface area contributed by atoms with Crippen LogP contribution in [0.5, 0.6) is 0 Å². The summed E-state index contributed by atoms with van der Waals surface area (Å²) in [6.45, 7) is 0.0414. The highest BCUT2D eigenvalue weighted by molar-refractivity contribution is 7.92. The van der Waals surface area contributed by atoms with E-state index < -0.39 is 25.9 Å². The molecule has 1 saturated heterocycles. The van der Waals surface area contributed by atoms with Crippen LogP contribution in [0.1, 0.15) is 12.0 Å². The van der Waals surface area contributed by atoms with E-state index >= 15 is 0 Å². The maximum Gasteiger partial charge on any atom is 0.242 e. The van der Waals surface area contributed by atoms with Crippen molar-refractivity contribution >= 4 is 43.1 Å². The Balaban J connectivity index is 2.34. The third-order valence-corrected chi connectivity index (χ3v) is 7.23. The van der Waals surface area contributed by atoms with Crippen molar-refractivity contribution in [1.82, 2.24) is 4.72 Å². The lowest BCUT2D eigenvalue weighted by Gasteiger charge is -2.14. The Morgan fingerprint density at radius 2 is 2.00 bits per heavy atom. The van der Waals surface area contributed by atoms with Gasteiger partial charge in [-0.1, -0.05) is 23.2 Å². The molecule has 6 nitrogen and oxygen atoms in total. The monoisotopic (exact) mass is 372 g/mol. The van der Waals surface area contributed by atoms with Crippen LogP contribution < -0.4 is 10.5 Å². The van der Waals surface area contributed by atoms with Gasteiger partial charge in [-0.05, 0) is 24.1 Å². The quantitative estimate of drug-likeness (QED) is 0.816. The molecule has 0 radical (unpaired) electrons. The molecule has 21 heavy (non-hydrogen) atoms. The van der Waals surface area contributed by atoms with Crippen LogP contribution in [0.2, 0.25) is 10.0 Å². The number of benzene rings is 1. The van der Waals surface area contributed by atoms with Crippen LogP contribution >= 0.6 is 23.2 Å². The lowest BCUT2D eigenvalue weighted by atomic mass is 10.2. The zero-order valence-corrected chi connectivity index (χ0v) is 14.0. The van der Waals surface area contributed by atoms with E-state index in [9.17, 15) is 16.8 Å². The van der Waals surface area contributed by atoms with Gasteiger partial charge < -0.3 is 5.73 Å². The predicted octanol–water partition coefficient (Wildman–Crippen LogP) is 0.918. The molecule has 2 rings (SSSR count). The molecule has 10 heteroatoms. The van der Waals surface area contributed by atoms with Crippen molar-refractivity contribution in [2.45, 2.75) is 23.9 Å². The van der Waals surface area contributed by atoms with Crippen molar-refractivity contribution in [3.63, 3.8) is 0 Å². The van der Waals surface area contributed by atoms with Gasteiger partial charge in [-0.15, -0.1) is 0 Å². The number of sulfonamides is 1. The molecule has 118 valence electrons. The SMILES string of the molecule is NCc1cc(Cl)cc(S(=O)(=O)NC2CCS(=O)(=O)C2)c1Cl. The second-order valence-electron chi connectivity index (χ2n) is 4.80. The first-order valence-electron chi connectivity index (χ1n) is 6.05. The van der Waals surface area contributed by atoms with Crippen molar-refractivity contribution in [2.24, 2.45) is 5.73 Å². The topological polar surface area (TPSA) is 106 Å². The van der Waals surface area contributed by atoms with Crippen LogP contribution in [0.25, 0.3) is 0 Å². The zero-order chi connectivity index (χ0) is 15.8. The molecule has 1 fully saturated rings. The Hall–Kier alpha value is -0.380. The molecule has 1 unspecified atom stereocenters. The molecule has 1 heterocycles. The highest BCUT2D eigenvalue weighted by atomic mass is 35.5. The molecule has 1 atom stereocenters.